The number of hydrogen-bond donors (Lipinski definition) is 3. The fraction of sp³-hybridized carbons (Fsp3) is 0.400. The lowest BCUT2D eigenvalue weighted by molar-refractivity contribution is 0.0944. The number of piperidine rings is 1. The summed E-state index contributed by atoms with van der Waals surface area (Å²) in [6, 6.07) is 4.95. The van der Waals surface area contributed by atoms with Gasteiger partial charge >= 0.3 is 0 Å². The predicted molar refractivity (Wildman–Crippen MR) is 125 cm³/mol. The van der Waals surface area contributed by atoms with Crippen LogP contribution in [-0.2, 0) is 0 Å². The monoisotopic (exact) mass is 477 g/mol. The molecular formula is C20H24N5O5PS. The van der Waals surface area contributed by atoms with Crippen LogP contribution in [0, 0.1) is 5.92 Å². The summed E-state index contributed by atoms with van der Waals surface area (Å²) in [5.74, 6) is 0.714. The highest BCUT2D eigenvalue weighted by molar-refractivity contribution is 7.45. The van der Waals surface area contributed by atoms with Crippen LogP contribution < -0.4 is 20.9 Å². The number of fused-ring (bicyclic) bond motifs is 1. The number of hydrogen-bond acceptors (Lipinski definition) is 10. The Balaban J connectivity index is 1.61. The second-order valence-electron chi connectivity index (χ2n) is 7.64. The molecule has 1 aliphatic rings. The van der Waals surface area contributed by atoms with Gasteiger partial charge in [-0.3, -0.25) is 9.59 Å². The zero-order valence-corrected chi connectivity index (χ0v) is 19.2. The minimum Gasteiger partial charge on any atom is -0.480 e. The Kier molecular flexibility index (Phi) is 6.71. The Morgan fingerprint density at radius 3 is 2.72 bits per heavy atom. The number of thiophene rings is 1. The Morgan fingerprint density at radius 1 is 1.34 bits per heavy atom. The summed E-state index contributed by atoms with van der Waals surface area (Å²) >= 11 is 1.09. The number of methoxy groups -OCH3 is 1. The molecule has 0 aliphatic carbocycles. The topological polar surface area (TPSA) is 144 Å². The van der Waals surface area contributed by atoms with E-state index in [1.807, 2.05) is 0 Å². The zero-order valence-electron chi connectivity index (χ0n) is 17.5. The maximum atomic E-state index is 13.1. The smallest absolute Gasteiger partial charge is 0.291 e. The molecule has 12 heteroatoms. The van der Waals surface area contributed by atoms with Gasteiger partial charge in [-0.25, -0.2) is 0 Å². The lowest BCUT2D eigenvalue weighted by Crippen LogP contribution is -2.35. The summed E-state index contributed by atoms with van der Waals surface area (Å²) in [5.41, 5.74) is 5.10. The molecule has 3 aromatic rings. The quantitative estimate of drug-likeness (QED) is 0.454. The molecule has 0 bridgehead atoms. The van der Waals surface area contributed by atoms with Crippen molar-refractivity contribution in [2.75, 3.05) is 37.0 Å². The number of ether oxygens (including phenoxy) is 1. The molecule has 10 nitrogen and oxygen atoms in total. The van der Waals surface area contributed by atoms with Crippen LogP contribution in [-0.4, -0.2) is 56.8 Å². The molecule has 0 amide bonds. The van der Waals surface area contributed by atoms with E-state index < -0.39 is 19.8 Å². The molecule has 1 aliphatic heterocycles. The van der Waals surface area contributed by atoms with Crippen LogP contribution in [0.1, 0.15) is 28.9 Å². The molecule has 0 spiro atoms. The van der Waals surface area contributed by atoms with E-state index in [1.54, 1.807) is 18.2 Å². The minimum absolute atomic E-state index is 0.144. The molecule has 1 saturated heterocycles. The van der Waals surface area contributed by atoms with Crippen molar-refractivity contribution in [1.29, 1.82) is 0 Å². The van der Waals surface area contributed by atoms with Crippen molar-refractivity contribution in [3.8, 4) is 5.88 Å². The Hall–Kier alpha value is -2.59. The number of rotatable bonds is 6. The van der Waals surface area contributed by atoms with Gasteiger partial charge in [-0.2, -0.15) is 14.8 Å². The van der Waals surface area contributed by atoms with Crippen molar-refractivity contribution < 1.29 is 19.3 Å². The Bertz CT molecular complexity index is 1190. The van der Waals surface area contributed by atoms with Gasteiger partial charge in [-0.1, -0.05) is 0 Å². The second kappa shape index (κ2) is 9.50. The third-order valence-corrected chi connectivity index (χ3v) is 7.18. The van der Waals surface area contributed by atoms with E-state index >= 15 is 0 Å². The van der Waals surface area contributed by atoms with E-state index in [2.05, 4.69) is 15.0 Å². The van der Waals surface area contributed by atoms with E-state index in [1.165, 1.54) is 13.3 Å². The number of anilines is 2. The number of nitrogens with zero attached hydrogens (tertiary/aromatic N) is 4. The summed E-state index contributed by atoms with van der Waals surface area (Å²) < 4.78 is 6.22. The van der Waals surface area contributed by atoms with Gasteiger partial charge in [0.1, 0.15) is 11.2 Å². The first kappa shape index (κ1) is 22.6. The average molecular weight is 477 g/mol. The number of nitrogen functional groups attached to an aromatic ring is 1. The summed E-state index contributed by atoms with van der Waals surface area (Å²) in [4.78, 5) is 51.0. The van der Waals surface area contributed by atoms with Crippen LogP contribution >= 0.6 is 19.7 Å². The number of carbonyl (C=O) groups is 1. The normalized spacial score (nSPS) is 14.9. The maximum absolute atomic E-state index is 13.1. The third kappa shape index (κ3) is 4.61. The molecule has 0 unspecified atom stereocenters. The SMILES string of the molecule is COc1nc(N2CCC(CCP(O)O)CC2)cc2cnn(C(=O)c3ccc(N)s3)c(=O)c12. The summed E-state index contributed by atoms with van der Waals surface area (Å²) in [6.45, 7) is 1.54. The standard InChI is InChI=1S/C20H24N5O5PS/c1-30-18-17-13(11-22-25(20(17)27)19(26)14-2-3-15(21)32-14)10-16(23-18)24-7-4-12(5-8-24)6-9-31(28)29/h2-3,10-12,28-29H,4-9,21H2,1H3. The van der Waals surface area contributed by atoms with Crippen molar-refractivity contribution in [1.82, 2.24) is 14.8 Å². The molecule has 0 radical (unpaired) electrons. The lowest BCUT2D eigenvalue weighted by Gasteiger charge is -2.33. The summed E-state index contributed by atoms with van der Waals surface area (Å²) in [7, 11) is -0.405. The van der Waals surface area contributed by atoms with Gasteiger partial charge in [-0.05, 0) is 43.4 Å². The molecule has 0 atom stereocenters. The van der Waals surface area contributed by atoms with Crippen molar-refractivity contribution in [2.45, 2.75) is 19.3 Å². The van der Waals surface area contributed by atoms with Crippen molar-refractivity contribution in [3.05, 3.63) is 39.6 Å². The van der Waals surface area contributed by atoms with Crippen LogP contribution in [0.4, 0.5) is 10.8 Å². The average Bonchev–Trinajstić information content (AvgIpc) is 3.23. The van der Waals surface area contributed by atoms with Gasteiger partial charge in [0, 0.05) is 24.6 Å². The van der Waals surface area contributed by atoms with Gasteiger partial charge in [0.2, 0.25) is 5.88 Å². The molecule has 4 heterocycles. The van der Waals surface area contributed by atoms with Gasteiger partial charge in [0.15, 0.2) is 8.38 Å². The highest BCUT2D eigenvalue weighted by atomic mass is 32.1. The molecule has 32 heavy (non-hydrogen) atoms. The number of nitrogens with two attached hydrogens (primary N) is 1. The second-order valence-corrected chi connectivity index (χ2v) is 9.94. The fourth-order valence-corrected chi connectivity index (χ4v) is 5.19. The third-order valence-electron chi connectivity index (χ3n) is 5.62. The number of carbonyl (C=O) groups excluding carboxylic acids is 1. The summed E-state index contributed by atoms with van der Waals surface area (Å²) in [5, 5.41) is 5.29. The molecule has 1 fully saturated rings. The van der Waals surface area contributed by atoms with Gasteiger partial charge in [-0.15, -0.1) is 11.3 Å². The van der Waals surface area contributed by atoms with E-state index in [4.69, 9.17) is 20.3 Å². The minimum atomic E-state index is -1.84. The first-order valence-electron chi connectivity index (χ1n) is 10.1. The van der Waals surface area contributed by atoms with Crippen molar-refractivity contribution in [3.63, 3.8) is 0 Å². The lowest BCUT2D eigenvalue weighted by atomic mass is 9.94. The summed E-state index contributed by atoms with van der Waals surface area (Å²) in [6.07, 6.45) is 4.55. The fourth-order valence-electron chi connectivity index (χ4n) is 3.90. The first-order valence-corrected chi connectivity index (χ1v) is 12.4. The molecular weight excluding hydrogens is 453 g/mol. The van der Waals surface area contributed by atoms with E-state index in [-0.39, 0.29) is 11.3 Å². The van der Waals surface area contributed by atoms with Crippen LogP contribution in [0.3, 0.4) is 0 Å². The predicted octanol–water partition coefficient (Wildman–Crippen LogP) is 2.04. The van der Waals surface area contributed by atoms with E-state index in [0.717, 1.165) is 48.4 Å². The Labute approximate surface area is 189 Å². The van der Waals surface area contributed by atoms with Crippen molar-refractivity contribution in [2.24, 2.45) is 5.92 Å². The van der Waals surface area contributed by atoms with E-state index in [0.29, 0.717) is 33.2 Å². The van der Waals surface area contributed by atoms with E-state index in [9.17, 15) is 9.59 Å². The van der Waals surface area contributed by atoms with Crippen LogP contribution in [0.15, 0.2) is 29.2 Å². The largest absolute Gasteiger partial charge is 0.480 e. The van der Waals surface area contributed by atoms with Gasteiger partial charge in [0.05, 0.1) is 23.2 Å². The molecule has 0 aromatic carbocycles. The Morgan fingerprint density at radius 2 is 2.09 bits per heavy atom. The maximum Gasteiger partial charge on any atom is 0.291 e. The van der Waals surface area contributed by atoms with Gasteiger partial charge in [0.25, 0.3) is 11.5 Å². The number of pyridine rings is 1. The highest BCUT2D eigenvalue weighted by Crippen LogP contribution is 2.32. The number of aromatic nitrogens is 3. The van der Waals surface area contributed by atoms with Crippen LogP contribution in [0.25, 0.3) is 10.8 Å². The molecule has 170 valence electrons. The van der Waals surface area contributed by atoms with Crippen molar-refractivity contribution >= 4 is 47.2 Å². The molecule has 4 rings (SSSR count). The zero-order chi connectivity index (χ0) is 22.8. The van der Waals surface area contributed by atoms with Crippen LogP contribution in [0.2, 0.25) is 0 Å². The molecule has 4 N–H and O–H groups in total. The first-order chi connectivity index (χ1) is 15.4. The highest BCUT2D eigenvalue weighted by Gasteiger charge is 2.24. The molecule has 0 saturated carbocycles. The van der Waals surface area contributed by atoms with Gasteiger partial charge < -0.3 is 25.2 Å². The molecule has 3 aromatic heterocycles. The van der Waals surface area contributed by atoms with Crippen LogP contribution in [0.5, 0.6) is 5.88 Å².